The van der Waals surface area contributed by atoms with E-state index >= 15 is 0 Å². The molecule has 0 aromatic rings. The van der Waals surface area contributed by atoms with Gasteiger partial charge in [-0.05, 0) is 45.4 Å². The lowest BCUT2D eigenvalue weighted by Crippen LogP contribution is -2.46. The van der Waals surface area contributed by atoms with Crippen LogP contribution in [0.5, 0.6) is 0 Å². The zero-order valence-corrected chi connectivity index (χ0v) is 13.1. The van der Waals surface area contributed by atoms with Crippen molar-refractivity contribution in [2.75, 3.05) is 6.61 Å². The molecule has 1 aliphatic heterocycles. The number of ether oxygens (including phenoxy) is 1. The van der Waals surface area contributed by atoms with E-state index in [2.05, 4.69) is 0 Å². The van der Waals surface area contributed by atoms with Gasteiger partial charge in [-0.2, -0.15) is 0 Å². The van der Waals surface area contributed by atoms with Gasteiger partial charge in [-0.15, -0.1) is 0 Å². The Balaban J connectivity index is 1.93. The molecule has 1 saturated carbocycles. The van der Waals surface area contributed by atoms with Crippen LogP contribution in [0.25, 0.3) is 0 Å². The Hall–Kier alpha value is -1.10. The summed E-state index contributed by atoms with van der Waals surface area (Å²) < 4.78 is 5.45. The van der Waals surface area contributed by atoms with Gasteiger partial charge in [-0.3, -0.25) is 4.79 Å². The second-order valence-electron chi connectivity index (χ2n) is 6.53. The lowest BCUT2D eigenvalue weighted by Gasteiger charge is -2.33. The maximum Gasteiger partial charge on any atom is 0.326 e. The van der Waals surface area contributed by atoms with Crippen molar-refractivity contribution in [3.8, 4) is 0 Å². The summed E-state index contributed by atoms with van der Waals surface area (Å²) in [6, 6.07) is -0.463. The van der Waals surface area contributed by atoms with Gasteiger partial charge in [-0.1, -0.05) is 12.8 Å². The molecule has 5 heteroatoms. The number of fused-ring (bicyclic) bond motifs is 1. The van der Waals surface area contributed by atoms with Crippen LogP contribution >= 0.6 is 0 Å². The number of hydrogen-bond acceptors (Lipinski definition) is 3. The van der Waals surface area contributed by atoms with Crippen LogP contribution in [0.15, 0.2) is 0 Å². The number of hydrogen-bond donors (Lipinski definition) is 1. The van der Waals surface area contributed by atoms with Crippen molar-refractivity contribution >= 4 is 11.9 Å². The number of aliphatic carboxylic acids is 1. The van der Waals surface area contributed by atoms with E-state index in [1.165, 1.54) is 0 Å². The van der Waals surface area contributed by atoms with Gasteiger partial charge in [0.15, 0.2) is 0 Å². The maximum absolute atomic E-state index is 12.5. The van der Waals surface area contributed by atoms with Crippen molar-refractivity contribution in [2.24, 2.45) is 5.92 Å². The molecule has 0 aromatic heterocycles. The molecule has 1 aliphatic carbocycles. The molecular formula is C16H27NO4. The molecule has 21 heavy (non-hydrogen) atoms. The van der Waals surface area contributed by atoms with E-state index in [1.807, 2.05) is 13.8 Å². The number of carbonyl (C=O) groups excluding carboxylic acids is 1. The van der Waals surface area contributed by atoms with Crippen LogP contribution in [0, 0.1) is 5.92 Å². The van der Waals surface area contributed by atoms with Gasteiger partial charge in [0.1, 0.15) is 6.04 Å². The van der Waals surface area contributed by atoms with E-state index in [9.17, 15) is 14.7 Å². The Morgan fingerprint density at radius 1 is 1.29 bits per heavy atom. The molecule has 1 saturated heterocycles. The minimum atomic E-state index is -0.851. The fourth-order valence-corrected chi connectivity index (χ4v) is 3.71. The van der Waals surface area contributed by atoms with Gasteiger partial charge in [0.05, 0.1) is 6.10 Å². The van der Waals surface area contributed by atoms with Gasteiger partial charge >= 0.3 is 5.97 Å². The number of carboxylic acid groups (broad SMARTS) is 1. The van der Waals surface area contributed by atoms with Gasteiger partial charge in [0.25, 0.3) is 0 Å². The predicted molar refractivity (Wildman–Crippen MR) is 79.0 cm³/mol. The Morgan fingerprint density at radius 3 is 2.67 bits per heavy atom. The molecule has 1 N–H and O–H groups in total. The summed E-state index contributed by atoms with van der Waals surface area (Å²) in [4.78, 5) is 25.6. The van der Waals surface area contributed by atoms with E-state index in [-0.39, 0.29) is 18.1 Å². The summed E-state index contributed by atoms with van der Waals surface area (Å²) in [7, 11) is 0. The highest BCUT2D eigenvalue weighted by molar-refractivity contribution is 5.84. The Morgan fingerprint density at radius 2 is 2.00 bits per heavy atom. The van der Waals surface area contributed by atoms with Gasteiger partial charge < -0.3 is 14.7 Å². The second kappa shape index (κ2) is 7.25. The normalized spacial score (nSPS) is 28.7. The highest BCUT2D eigenvalue weighted by Crippen LogP contribution is 2.40. The van der Waals surface area contributed by atoms with Crippen LogP contribution in [0.3, 0.4) is 0 Å². The van der Waals surface area contributed by atoms with Crippen LogP contribution in [0.2, 0.25) is 0 Å². The molecule has 0 aromatic carbocycles. The molecule has 1 amide bonds. The molecule has 120 valence electrons. The number of nitrogens with zero attached hydrogens (tertiary/aromatic N) is 1. The van der Waals surface area contributed by atoms with E-state index in [1.54, 1.807) is 4.90 Å². The van der Waals surface area contributed by atoms with Crippen molar-refractivity contribution < 1.29 is 19.4 Å². The van der Waals surface area contributed by atoms with Crippen molar-refractivity contribution in [1.29, 1.82) is 0 Å². The standard InChI is InChI=1S/C16H27NO4/c1-11(2)21-9-5-8-15(18)17-13-7-4-3-6-12(13)10-14(17)16(19)20/h11-14H,3-10H2,1-2H3,(H,19,20). The van der Waals surface area contributed by atoms with Crippen molar-refractivity contribution in [1.82, 2.24) is 4.90 Å². The minimum absolute atomic E-state index is 0.0100. The molecule has 2 fully saturated rings. The highest BCUT2D eigenvalue weighted by Gasteiger charge is 2.47. The number of amides is 1. The van der Waals surface area contributed by atoms with Gasteiger partial charge in [0, 0.05) is 19.1 Å². The third-order valence-corrected chi connectivity index (χ3v) is 4.65. The first-order chi connectivity index (χ1) is 10.0. The third kappa shape index (κ3) is 3.96. The van der Waals surface area contributed by atoms with Crippen LogP contribution in [-0.2, 0) is 14.3 Å². The summed E-state index contributed by atoms with van der Waals surface area (Å²) >= 11 is 0. The van der Waals surface area contributed by atoms with Crippen LogP contribution in [0.1, 0.15) is 58.8 Å². The minimum Gasteiger partial charge on any atom is -0.480 e. The highest BCUT2D eigenvalue weighted by atomic mass is 16.5. The van der Waals surface area contributed by atoms with Gasteiger partial charge in [0.2, 0.25) is 5.91 Å². The summed E-state index contributed by atoms with van der Waals surface area (Å²) in [5, 5.41) is 9.41. The maximum atomic E-state index is 12.5. The zero-order chi connectivity index (χ0) is 15.4. The van der Waals surface area contributed by atoms with Crippen LogP contribution < -0.4 is 0 Å². The van der Waals surface area contributed by atoms with E-state index in [0.29, 0.717) is 31.8 Å². The molecule has 2 aliphatic rings. The van der Waals surface area contributed by atoms with Crippen molar-refractivity contribution in [3.63, 3.8) is 0 Å². The number of likely N-dealkylation sites (tertiary alicyclic amines) is 1. The number of carboxylic acids is 1. The second-order valence-corrected chi connectivity index (χ2v) is 6.53. The molecule has 3 unspecified atom stereocenters. The Bertz CT molecular complexity index is 382. The van der Waals surface area contributed by atoms with Crippen LogP contribution in [-0.4, -0.2) is 46.7 Å². The monoisotopic (exact) mass is 297 g/mol. The molecule has 1 heterocycles. The molecule has 0 bridgehead atoms. The SMILES string of the molecule is CC(C)OCCCC(=O)N1C(C(=O)O)CC2CCCCC21. The Kier molecular flexibility index (Phi) is 5.62. The largest absolute Gasteiger partial charge is 0.480 e. The smallest absolute Gasteiger partial charge is 0.326 e. The molecule has 0 radical (unpaired) electrons. The summed E-state index contributed by atoms with van der Waals surface area (Å²) in [5.74, 6) is -0.476. The summed E-state index contributed by atoms with van der Waals surface area (Å²) in [6.45, 7) is 4.49. The molecule has 2 rings (SSSR count). The van der Waals surface area contributed by atoms with E-state index < -0.39 is 12.0 Å². The first-order valence-corrected chi connectivity index (χ1v) is 8.16. The first kappa shape index (κ1) is 16.3. The molecule has 3 atom stereocenters. The van der Waals surface area contributed by atoms with Gasteiger partial charge in [-0.25, -0.2) is 4.79 Å². The van der Waals surface area contributed by atoms with E-state index in [4.69, 9.17) is 4.74 Å². The zero-order valence-electron chi connectivity index (χ0n) is 13.1. The topological polar surface area (TPSA) is 66.8 Å². The quantitative estimate of drug-likeness (QED) is 0.765. The van der Waals surface area contributed by atoms with E-state index in [0.717, 1.165) is 25.7 Å². The summed E-state index contributed by atoms with van der Waals surface area (Å²) in [5.41, 5.74) is 0. The number of carbonyl (C=O) groups is 2. The lowest BCUT2D eigenvalue weighted by atomic mass is 9.84. The molecule has 0 spiro atoms. The fourth-order valence-electron chi connectivity index (χ4n) is 3.71. The average molecular weight is 297 g/mol. The number of rotatable bonds is 6. The fraction of sp³-hybridized carbons (Fsp3) is 0.875. The lowest BCUT2D eigenvalue weighted by molar-refractivity contribution is -0.150. The third-order valence-electron chi connectivity index (χ3n) is 4.65. The predicted octanol–water partition coefficient (Wildman–Crippen LogP) is 2.44. The first-order valence-electron chi connectivity index (χ1n) is 8.16. The van der Waals surface area contributed by atoms with Crippen LogP contribution in [0.4, 0.5) is 0 Å². The molecular weight excluding hydrogens is 270 g/mol. The van der Waals surface area contributed by atoms with Crippen molar-refractivity contribution in [2.45, 2.75) is 77.0 Å². The van der Waals surface area contributed by atoms with Crippen molar-refractivity contribution in [3.05, 3.63) is 0 Å². The average Bonchev–Trinajstić information content (AvgIpc) is 2.83. The molecule has 5 nitrogen and oxygen atoms in total. The summed E-state index contributed by atoms with van der Waals surface area (Å²) in [6.07, 6.45) is 6.15. The Labute approximate surface area is 126 Å².